The first-order valence-corrected chi connectivity index (χ1v) is 8.66. The highest BCUT2D eigenvalue weighted by Gasteiger charge is 2.21. The molecule has 0 fully saturated rings. The fourth-order valence-corrected chi connectivity index (χ4v) is 2.80. The van der Waals surface area contributed by atoms with Gasteiger partial charge < -0.3 is 30.3 Å². The largest absolute Gasteiger partial charge is 0.497 e. The monoisotopic (exact) mass is 374 g/mol. The molecule has 0 saturated heterocycles. The molecule has 2 rings (SSSR count). The minimum absolute atomic E-state index is 0.229. The normalized spacial score (nSPS) is 12.9. The predicted molar refractivity (Wildman–Crippen MR) is 102 cm³/mol. The van der Waals surface area contributed by atoms with Crippen LogP contribution >= 0.6 is 0 Å². The standard InChI is InChI=1S/C20H26N2O5/c1-26-16-9-8-15(19(11-16)27-2)12-21-13-18(23)17(22-20(24)25)10-14-6-4-3-5-7-14/h3-9,11,17-18,21-23H,10,12-13H2,1-2H3,(H,24,25)/t17-,18-/m0/s1. The average molecular weight is 374 g/mol. The molecule has 2 aromatic rings. The average Bonchev–Trinajstić information content (AvgIpc) is 2.68. The molecule has 0 spiro atoms. The Morgan fingerprint density at radius 1 is 1.11 bits per heavy atom. The SMILES string of the molecule is COc1ccc(CNC[C@H](O)[C@H](Cc2ccccc2)NC(=O)O)c(OC)c1. The van der Waals surface area contributed by atoms with Gasteiger partial charge >= 0.3 is 6.09 Å². The maximum Gasteiger partial charge on any atom is 0.404 e. The molecule has 2 atom stereocenters. The summed E-state index contributed by atoms with van der Waals surface area (Å²) in [6.45, 7) is 0.697. The number of rotatable bonds is 10. The topological polar surface area (TPSA) is 100 Å². The van der Waals surface area contributed by atoms with Crippen molar-refractivity contribution < 1.29 is 24.5 Å². The highest BCUT2D eigenvalue weighted by molar-refractivity contribution is 5.65. The van der Waals surface area contributed by atoms with Crippen LogP contribution in [0.3, 0.4) is 0 Å². The number of methoxy groups -OCH3 is 2. The van der Waals surface area contributed by atoms with Crippen molar-refractivity contribution in [3.63, 3.8) is 0 Å². The molecule has 0 aliphatic heterocycles. The summed E-state index contributed by atoms with van der Waals surface area (Å²) in [7, 11) is 3.17. The van der Waals surface area contributed by atoms with Gasteiger partial charge in [-0.1, -0.05) is 36.4 Å². The Balaban J connectivity index is 1.94. The third-order valence-electron chi connectivity index (χ3n) is 4.23. The van der Waals surface area contributed by atoms with Crippen LogP contribution < -0.4 is 20.1 Å². The van der Waals surface area contributed by atoms with E-state index >= 15 is 0 Å². The van der Waals surface area contributed by atoms with Crippen LogP contribution in [0.15, 0.2) is 48.5 Å². The van der Waals surface area contributed by atoms with Crippen LogP contribution in [-0.2, 0) is 13.0 Å². The Morgan fingerprint density at radius 2 is 1.85 bits per heavy atom. The van der Waals surface area contributed by atoms with E-state index in [0.29, 0.717) is 24.5 Å². The Morgan fingerprint density at radius 3 is 2.48 bits per heavy atom. The van der Waals surface area contributed by atoms with Gasteiger partial charge in [0.2, 0.25) is 0 Å². The van der Waals surface area contributed by atoms with Crippen molar-refractivity contribution in [2.75, 3.05) is 20.8 Å². The van der Waals surface area contributed by atoms with Gasteiger partial charge in [0.05, 0.1) is 26.4 Å². The molecule has 0 unspecified atom stereocenters. The van der Waals surface area contributed by atoms with E-state index in [0.717, 1.165) is 11.1 Å². The zero-order chi connectivity index (χ0) is 19.6. The molecule has 0 aliphatic rings. The van der Waals surface area contributed by atoms with Crippen molar-refractivity contribution in [1.29, 1.82) is 0 Å². The van der Waals surface area contributed by atoms with Gasteiger partial charge in [0.25, 0.3) is 0 Å². The Bertz CT molecular complexity index is 724. The molecule has 7 nitrogen and oxygen atoms in total. The molecule has 0 saturated carbocycles. The molecular weight excluding hydrogens is 348 g/mol. The van der Waals surface area contributed by atoms with Crippen molar-refractivity contribution in [3.8, 4) is 11.5 Å². The lowest BCUT2D eigenvalue weighted by Gasteiger charge is -2.23. The fraction of sp³-hybridized carbons (Fsp3) is 0.350. The lowest BCUT2D eigenvalue weighted by molar-refractivity contribution is 0.117. The summed E-state index contributed by atoms with van der Waals surface area (Å²) in [5, 5.41) is 25.1. The summed E-state index contributed by atoms with van der Waals surface area (Å²) in [6.07, 6.45) is -1.64. The van der Waals surface area contributed by atoms with Gasteiger partial charge in [-0.15, -0.1) is 0 Å². The summed E-state index contributed by atoms with van der Waals surface area (Å²) in [5.41, 5.74) is 1.86. The van der Waals surface area contributed by atoms with E-state index in [2.05, 4.69) is 10.6 Å². The van der Waals surface area contributed by atoms with Gasteiger partial charge in [0, 0.05) is 24.7 Å². The van der Waals surface area contributed by atoms with Crippen molar-refractivity contribution in [1.82, 2.24) is 10.6 Å². The number of ether oxygens (including phenoxy) is 2. The van der Waals surface area contributed by atoms with Gasteiger partial charge in [-0.3, -0.25) is 0 Å². The molecular formula is C20H26N2O5. The quantitative estimate of drug-likeness (QED) is 0.508. The zero-order valence-corrected chi connectivity index (χ0v) is 15.5. The second-order valence-corrected chi connectivity index (χ2v) is 6.12. The molecule has 27 heavy (non-hydrogen) atoms. The molecule has 7 heteroatoms. The van der Waals surface area contributed by atoms with Crippen molar-refractivity contribution in [2.45, 2.75) is 25.1 Å². The molecule has 0 aliphatic carbocycles. The lowest BCUT2D eigenvalue weighted by Crippen LogP contribution is -2.48. The third kappa shape index (κ3) is 6.47. The number of hydrogen-bond acceptors (Lipinski definition) is 5. The molecule has 4 N–H and O–H groups in total. The number of nitrogens with one attached hydrogen (secondary N) is 2. The second kappa shape index (κ2) is 10.4. The second-order valence-electron chi connectivity index (χ2n) is 6.12. The van der Waals surface area contributed by atoms with Crippen LogP contribution in [0.1, 0.15) is 11.1 Å². The van der Waals surface area contributed by atoms with Crippen LogP contribution in [0, 0.1) is 0 Å². The predicted octanol–water partition coefficient (Wildman–Crippen LogP) is 2.03. The number of aliphatic hydroxyl groups excluding tert-OH is 1. The van der Waals surface area contributed by atoms with Crippen LogP contribution in [0.4, 0.5) is 4.79 Å². The smallest absolute Gasteiger partial charge is 0.404 e. The van der Waals surface area contributed by atoms with Crippen molar-refractivity contribution in [3.05, 3.63) is 59.7 Å². The minimum atomic E-state index is -1.16. The van der Waals surface area contributed by atoms with Gasteiger partial charge in [0.1, 0.15) is 11.5 Å². The summed E-state index contributed by atoms with van der Waals surface area (Å²) in [6, 6.07) is 14.4. The number of aliphatic hydroxyl groups is 1. The lowest BCUT2D eigenvalue weighted by atomic mass is 10.0. The fourth-order valence-electron chi connectivity index (χ4n) is 2.80. The Kier molecular flexibility index (Phi) is 7.91. The molecule has 0 bridgehead atoms. The van der Waals surface area contributed by atoms with Crippen LogP contribution in [-0.4, -0.2) is 49.2 Å². The van der Waals surface area contributed by atoms with Gasteiger partial charge in [-0.05, 0) is 18.1 Å². The van der Waals surface area contributed by atoms with Gasteiger partial charge in [-0.2, -0.15) is 0 Å². The van der Waals surface area contributed by atoms with Crippen molar-refractivity contribution >= 4 is 6.09 Å². The number of benzene rings is 2. The highest BCUT2D eigenvalue weighted by Crippen LogP contribution is 2.24. The van der Waals surface area contributed by atoms with E-state index in [1.807, 2.05) is 42.5 Å². The number of amides is 1. The van der Waals surface area contributed by atoms with E-state index in [-0.39, 0.29) is 6.54 Å². The molecule has 1 amide bonds. The van der Waals surface area contributed by atoms with E-state index < -0.39 is 18.2 Å². The van der Waals surface area contributed by atoms with E-state index in [9.17, 15) is 9.90 Å². The third-order valence-corrected chi connectivity index (χ3v) is 4.23. The van der Waals surface area contributed by atoms with E-state index in [1.54, 1.807) is 20.3 Å². The molecule has 146 valence electrons. The maximum absolute atomic E-state index is 11.1. The molecule has 2 aromatic carbocycles. The molecule has 0 heterocycles. The first-order valence-electron chi connectivity index (χ1n) is 8.66. The summed E-state index contributed by atoms with van der Waals surface area (Å²) < 4.78 is 10.5. The van der Waals surface area contributed by atoms with Crippen molar-refractivity contribution in [2.24, 2.45) is 0 Å². The number of carboxylic acid groups (broad SMARTS) is 1. The van der Waals surface area contributed by atoms with Crippen LogP contribution in [0.5, 0.6) is 11.5 Å². The maximum atomic E-state index is 11.1. The van der Waals surface area contributed by atoms with Gasteiger partial charge in [0.15, 0.2) is 0 Å². The van der Waals surface area contributed by atoms with Crippen LogP contribution in [0.2, 0.25) is 0 Å². The Labute approximate surface area is 158 Å². The Hall–Kier alpha value is -2.77. The van der Waals surface area contributed by atoms with Gasteiger partial charge in [-0.25, -0.2) is 4.79 Å². The molecule has 0 radical (unpaired) electrons. The molecule has 0 aromatic heterocycles. The first kappa shape index (κ1) is 20.5. The van der Waals surface area contributed by atoms with Crippen LogP contribution in [0.25, 0.3) is 0 Å². The minimum Gasteiger partial charge on any atom is -0.497 e. The number of carbonyl (C=O) groups is 1. The van der Waals surface area contributed by atoms with E-state index in [1.165, 1.54) is 0 Å². The first-order chi connectivity index (χ1) is 13.0. The summed E-state index contributed by atoms with van der Waals surface area (Å²) in [5.74, 6) is 1.38. The summed E-state index contributed by atoms with van der Waals surface area (Å²) in [4.78, 5) is 11.1. The summed E-state index contributed by atoms with van der Waals surface area (Å²) >= 11 is 0. The van der Waals surface area contributed by atoms with E-state index in [4.69, 9.17) is 14.6 Å². The number of hydrogen-bond donors (Lipinski definition) is 4. The zero-order valence-electron chi connectivity index (χ0n) is 15.5. The highest BCUT2D eigenvalue weighted by atomic mass is 16.5.